The smallest absolute Gasteiger partial charge is 0.421 e. The van der Waals surface area contributed by atoms with Crippen LogP contribution in [0.5, 0.6) is 5.75 Å². The summed E-state index contributed by atoms with van der Waals surface area (Å²) in [6, 6.07) is 2.74. The van der Waals surface area contributed by atoms with Crippen molar-refractivity contribution in [3.05, 3.63) is 28.8 Å². The molecule has 4 nitrogen and oxygen atoms in total. The Morgan fingerprint density at radius 3 is 2.21 bits per heavy atom. The van der Waals surface area contributed by atoms with Gasteiger partial charge in [0, 0.05) is 5.56 Å². The van der Waals surface area contributed by atoms with E-state index < -0.39 is 23.2 Å². The van der Waals surface area contributed by atoms with Crippen molar-refractivity contribution in [1.29, 1.82) is 0 Å². The number of benzene rings is 1. The van der Waals surface area contributed by atoms with Gasteiger partial charge in [-0.1, -0.05) is 6.07 Å². The quantitative estimate of drug-likeness (QED) is 0.887. The summed E-state index contributed by atoms with van der Waals surface area (Å²) in [6.45, 7) is 3.02. The van der Waals surface area contributed by atoms with Gasteiger partial charge in [-0.05, 0) is 31.0 Å². The van der Waals surface area contributed by atoms with E-state index in [1.54, 1.807) is 6.92 Å². The first kappa shape index (κ1) is 15.3. The number of aliphatic carboxylic acids is 1. The minimum Gasteiger partial charge on any atom is -0.496 e. The molecule has 19 heavy (non-hydrogen) atoms. The fourth-order valence-electron chi connectivity index (χ4n) is 1.96. The lowest BCUT2D eigenvalue weighted by Gasteiger charge is -2.30. The summed E-state index contributed by atoms with van der Waals surface area (Å²) in [5.74, 6) is -2.37. The minimum atomic E-state index is -5.15. The molecule has 0 radical (unpaired) electrons. The van der Waals surface area contributed by atoms with Crippen molar-refractivity contribution in [2.75, 3.05) is 7.11 Å². The van der Waals surface area contributed by atoms with Gasteiger partial charge in [0.15, 0.2) is 0 Å². The molecule has 0 saturated heterocycles. The van der Waals surface area contributed by atoms with E-state index in [0.717, 1.165) is 7.11 Å². The zero-order valence-electron chi connectivity index (χ0n) is 10.6. The Labute approximate surface area is 108 Å². The lowest BCUT2D eigenvalue weighted by atomic mass is 9.85. The van der Waals surface area contributed by atoms with E-state index in [1.165, 1.54) is 19.1 Å². The summed E-state index contributed by atoms with van der Waals surface area (Å²) in [4.78, 5) is 11.1. The van der Waals surface area contributed by atoms with Crippen LogP contribution in [0.15, 0.2) is 12.1 Å². The maximum absolute atomic E-state index is 13.1. The number of carboxylic acid groups (broad SMARTS) is 1. The van der Waals surface area contributed by atoms with Crippen molar-refractivity contribution in [2.45, 2.75) is 25.6 Å². The highest BCUT2D eigenvalue weighted by molar-refractivity contribution is 5.83. The monoisotopic (exact) mass is 277 g/mol. The standard InChI is InChI=1S/C12H14F3NO3/c1-6-4-7(2)9(8(5-6)19-3)11(16,10(17)18)12(13,14)15/h4-5H,16H2,1-3H3,(H,17,18). The van der Waals surface area contributed by atoms with E-state index in [4.69, 9.17) is 15.6 Å². The van der Waals surface area contributed by atoms with Gasteiger partial charge in [0.25, 0.3) is 0 Å². The highest BCUT2D eigenvalue weighted by Crippen LogP contribution is 2.43. The topological polar surface area (TPSA) is 72.5 Å². The molecule has 0 aliphatic rings. The van der Waals surface area contributed by atoms with E-state index in [2.05, 4.69) is 0 Å². The van der Waals surface area contributed by atoms with Crippen LogP contribution in [0, 0.1) is 13.8 Å². The van der Waals surface area contributed by atoms with Crippen LogP contribution in [-0.2, 0) is 10.3 Å². The molecular formula is C12H14F3NO3. The molecule has 7 heteroatoms. The first-order valence-electron chi connectivity index (χ1n) is 5.30. The van der Waals surface area contributed by atoms with E-state index in [-0.39, 0.29) is 11.3 Å². The third kappa shape index (κ3) is 2.37. The average molecular weight is 277 g/mol. The SMILES string of the molecule is COc1cc(C)cc(C)c1C(N)(C(=O)O)C(F)(F)F. The Morgan fingerprint density at radius 1 is 1.32 bits per heavy atom. The van der Waals surface area contributed by atoms with Gasteiger partial charge >= 0.3 is 12.1 Å². The molecule has 1 rings (SSSR count). The number of alkyl halides is 3. The lowest BCUT2D eigenvalue weighted by Crippen LogP contribution is -2.57. The molecule has 0 aromatic heterocycles. The molecule has 0 aliphatic heterocycles. The van der Waals surface area contributed by atoms with Crippen LogP contribution >= 0.6 is 0 Å². The van der Waals surface area contributed by atoms with Gasteiger partial charge in [-0.25, -0.2) is 4.79 Å². The Kier molecular flexibility index (Phi) is 3.81. The van der Waals surface area contributed by atoms with E-state index in [9.17, 15) is 18.0 Å². The predicted molar refractivity (Wildman–Crippen MR) is 62.0 cm³/mol. The first-order chi connectivity index (χ1) is 8.55. The van der Waals surface area contributed by atoms with Crippen LogP contribution < -0.4 is 10.5 Å². The predicted octanol–water partition coefficient (Wildman–Crippen LogP) is 2.11. The zero-order chi connectivity index (χ0) is 15.0. The van der Waals surface area contributed by atoms with Gasteiger partial charge in [0.05, 0.1) is 7.11 Å². The highest BCUT2D eigenvalue weighted by atomic mass is 19.4. The van der Waals surface area contributed by atoms with Crippen molar-refractivity contribution in [3.8, 4) is 5.75 Å². The molecule has 0 fully saturated rings. The van der Waals surface area contributed by atoms with Crippen molar-refractivity contribution in [2.24, 2.45) is 5.73 Å². The number of hydrogen-bond donors (Lipinski definition) is 2. The van der Waals surface area contributed by atoms with E-state index in [0.29, 0.717) is 5.56 Å². The molecule has 0 amide bonds. The van der Waals surface area contributed by atoms with Gasteiger partial charge < -0.3 is 15.6 Å². The largest absolute Gasteiger partial charge is 0.496 e. The van der Waals surface area contributed by atoms with E-state index in [1.807, 2.05) is 0 Å². The number of halogens is 3. The maximum Gasteiger partial charge on any atom is 0.421 e. The van der Waals surface area contributed by atoms with Crippen LogP contribution in [0.3, 0.4) is 0 Å². The molecule has 0 spiro atoms. The minimum absolute atomic E-state index is 0.110. The number of nitrogens with two attached hydrogens (primary N) is 1. The van der Waals surface area contributed by atoms with Gasteiger partial charge in [-0.15, -0.1) is 0 Å². The molecule has 0 bridgehead atoms. The molecule has 1 unspecified atom stereocenters. The summed E-state index contributed by atoms with van der Waals surface area (Å²) in [6.07, 6.45) is -5.15. The summed E-state index contributed by atoms with van der Waals surface area (Å²) >= 11 is 0. The summed E-state index contributed by atoms with van der Waals surface area (Å²) in [5.41, 5.74) is 1.83. The molecule has 106 valence electrons. The van der Waals surface area contributed by atoms with Crippen LogP contribution in [0.4, 0.5) is 13.2 Å². The Hall–Kier alpha value is -1.76. The number of hydrogen-bond acceptors (Lipinski definition) is 3. The number of carbonyl (C=O) groups is 1. The third-order valence-corrected chi connectivity index (χ3v) is 2.84. The first-order valence-corrected chi connectivity index (χ1v) is 5.30. The normalized spacial score (nSPS) is 14.9. The molecule has 1 aromatic rings. The Morgan fingerprint density at radius 2 is 1.84 bits per heavy atom. The van der Waals surface area contributed by atoms with Crippen molar-refractivity contribution in [1.82, 2.24) is 0 Å². The number of methoxy groups -OCH3 is 1. The Balaban J connectivity index is 3.71. The number of ether oxygens (including phenoxy) is 1. The van der Waals surface area contributed by atoms with Crippen LogP contribution in [0.2, 0.25) is 0 Å². The van der Waals surface area contributed by atoms with Gasteiger partial charge in [-0.3, -0.25) is 0 Å². The summed E-state index contributed by atoms with van der Waals surface area (Å²) < 4.78 is 44.1. The van der Waals surface area contributed by atoms with Crippen molar-refractivity contribution >= 4 is 5.97 Å². The molecule has 0 heterocycles. The summed E-state index contributed by atoms with van der Waals surface area (Å²) in [7, 11) is 1.16. The average Bonchev–Trinajstić information content (AvgIpc) is 2.25. The molecule has 3 N–H and O–H groups in total. The molecular weight excluding hydrogens is 263 g/mol. The van der Waals surface area contributed by atoms with Gasteiger partial charge in [0.2, 0.25) is 5.54 Å². The third-order valence-electron chi connectivity index (χ3n) is 2.84. The zero-order valence-corrected chi connectivity index (χ0v) is 10.6. The fourth-order valence-corrected chi connectivity index (χ4v) is 1.96. The molecule has 0 saturated carbocycles. The van der Waals surface area contributed by atoms with Crippen LogP contribution in [0.25, 0.3) is 0 Å². The molecule has 0 aliphatic carbocycles. The van der Waals surface area contributed by atoms with Crippen molar-refractivity contribution < 1.29 is 27.8 Å². The second kappa shape index (κ2) is 4.73. The number of carboxylic acids is 1. The second-order valence-corrected chi connectivity index (χ2v) is 4.27. The molecule has 1 atom stereocenters. The van der Waals surface area contributed by atoms with Gasteiger partial charge in [0.1, 0.15) is 5.75 Å². The van der Waals surface area contributed by atoms with Crippen LogP contribution in [0.1, 0.15) is 16.7 Å². The molecule has 1 aromatic carbocycles. The summed E-state index contributed by atoms with van der Waals surface area (Å²) in [5, 5.41) is 8.93. The number of rotatable bonds is 3. The van der Waals surface area contributed by atoms with E-state index >= 15 is 0 Å². The van der Waals surface area contributed by atoms with Crippen LogP contribution in [-0.4, -0.2) is 24.4 Å². The Bertz CT molecular complexity index is 514. The highest BCUT2D eigenvalue weighted by Gasteiger charge is 2.61. The second-order valence-electron chi connectivity index (χ2n) is 4.27. The fraction of sp³-hybridized carbons (Fsp3) is 0.417. The number of aryl methyl sites for hydroxylation is 2. The maximum atomic E-state index is 13.1. The van der Waals surface area contributed by atoms with Gasteiger partial charge in [-0.2, -0.15) is 13.2 Å². The lowest BCUT2D eigenvalue weighted by molar-refractivity contribution is -0.205. The van der Waals surface area contributed by atoms with Crippen molar-refractivity contribution in [3.63, 3.8) is 0 Å².